The minimum Gasteiger partial charge on any atom is -0.768 e. The van der Waals surface area contributed by atoms with Gasteiger partial charge in [-0.2, -0.15) is 35.1 Å². The van der Waals surface area contributed by atoms with Gasteiger partial charge in [0.2, 0.25) is 0 Å². The van der Waals surface area contributed by atoms with Gasteiger partial charge in [-0.3, -0.25) is 8.42 Å². The number of halogens is 8. The predicted octanol–water partition coefficient (Wildman–Crippen LogP) is -4.86. The van der Waals surface area contributed by atoms with E-state index in [2.05, 4.69) is 0 Å². The molecule has 0 N–H and O–H groups in total. The van der Waals surface area contributed by atoms with E-state index in [0.29, 0.717) is 0 Å². The molecule has 0 spiro atoms. The molecule has 0 radical (unpaired) electrons. The fourth-order valence-electron chi connectivity index (χ4n) is 0.474. The molecule has 0 saturated heterocycles. The van der Waals surface area contributed by atoms with Gasteiger partial charge in [-0.25, -0.2) is 4.74 Å². The van der Waals surface area contributed by atoms with E-state index in [4.69, 9.17) is 0 Å². The second-order valence-electron chi connectivity index (χ2n) is 2.64. The van der Waals surface area contributed by atoms with Crippen LogP contribution in [0.15, 0.2) is 0 Å². The van der Waals surface area contributed by atoms with Gasteiger partial charge in [-0.05, 0) is 0 Å². The van der Waals surface area contributed by atoms with Gasteiger partial charge in [0.15, 0.2) is 0 Å². The SMILES string of the molecule is O=S([O-])C(F)(F)C(F)(F)OC(F)(F)C(F)(F)S(=O)[O-].[K+].[K+]. The molecule has 0 aromatic heterocycles. The van der Waals surface area contributed by atoms with E-state index in [1.165, 1.54) is 0 Å². The third kappa shape index (κ3) is 6.61. The Morgan fingerprint density at radius 1 is 0.667 bits per heavy atom. The molecule has 0 rings (SSSR count). The van der Waals surface area contributed by atoms with E-state index in [-0.39, 0.29) is 103 Å². The smallest absolute Gasteiger partial charge is 0.768 e. The molecule has 21 heavy (non-hydrogen) atoms. The summed E-state index contributed by atoms with van der Waals surface area (Å²) >= 11 is -10.0. The van der Waals surface area contributed by atoms with Crippen LogP contribution < -0.4 is 103 Å². The Balaban J connectivity index is -0.00000162. The van der Waals surface area contributed by atoms with Crippen LogP contribution in [0.25, 0.3) is 0 Å². The number of hydrogen-bond acceptors (Lipinski definition) is 5. The van der Waals surface area contributed by atoms with E-state index in [0.717, 1.165) is 0 Å². The average Bonchev–Trinajstić information content (AvgIpc) is 2.14. The second-order valence-corrected chi connectivity index (χ2v) is 4.60. The molecule has 0 aliphatic rings. The summed E-state index contributed by atoms with van der Waals surface area (Å²) in [6.07, 6.45) is -13.2. The van der Waals surface area contributed by atoms with Crippen molar-refractivity contribution in [1.82, 2.24) is 0 Å². The normalized spacial score (nSPS) is 16.5. The summed E-state index contributed by atoms with van der Waals surface area (Å²) in [6, 6.07) is 0. The molecule has 0 aromatic rings. The van der Waals surface area contributed by atoms with Gasteiger partial charge < -0.3 is 9.11 Å². The first-order chi connectivity index (χ1) is 8.09. The number of rotatable bonds is 6. The zero-order chi connectivity index (χ0) is 15.9. The van der Waals surface area contributed by atoms with E-state index in [1.807, 2.05) is 0 Å². The molecule has 0 aliphatic carbocycles. The summed E-state index contributed by atoms with van der Waals surface area (Å²) in [7, 11) is 0. The van der Waals surface area contributed by atoms with Crippen molar-refractivity contribution in [2.75, 3.05) is 0 Å². The van der Waals surface area contributed by atoms with E-state index in [9.17, 15) is 52.6 Å². The number of ether oxygens (including phenoxy) is 1. The fourth-order valence-corrected chi connectivity index (χ4v) is 0.945. The molecule has 0 bridgehead atoms. The number of alkyl halides is 8. The van der Waals surface area contributed by atoms with E-state index >= 15 is 0 Å². The Labute approximate surface area is 201 Å². The van der Waals surface area contributed by atoms with Crippen LogP contribution in [0, 0.1) is 0 Å². The van der Waals surface area contributed by atoms with Gasteiger partial charge >= 0.3 is 125 Å². The van der Waals surface area contributed by atoms with Gasteiger partial charge in [0.25, 0.3) is 0 Å². The molecule has 0 heterocycles. The summed E-state index contributed by atoms with van der Waals surface area (Å²) < 4.78 is 139. The van der Waals surface area contributed by atoms with Gasteiger partial charge in [-0.15, -0.1) is 0 Å². The van der Waals surface area contributed by atoms with Crippen LogP contribution in [0.4, 0.5) is 35.1 Å². The van der Waals surface area contributed by atoms with Gasteiger partial charge in [0, 0.05) is 22.2 Å². The van der Waals surface area contributed by atoms with Crippen molar-refractivity contribution >= 4 is 22.2 Å². The first kappa shape index (κ1) is 28.7. The second kappa shape index (κ2) is 9.55. The summed E-state index contributed by atoms with van der Waals surface area (Å²) in [5.41, 5.74) is 0. The standard InChI is InChI=1S/C4H2F8O5S2.2K/c5-1(6,3(9,10)18(13)14)17-2(7,8)4(11,12)19(15)16;;/h(H,13,14)(H,15,16);;/q;2*+1/p-2. The summed E-state index contributed by atoms with van der Waals surface area (Å²) in [5.74, 6) is 0. The van der Waals surface area contributed by atoms with Crippen LogP contribution in [0.1, 0.15) is 0 Å². The van der Waals surface area contributed by atoms with Crippen molar-refractivity contribution < 1.29 is 160 Å². The zero-order valence-electron chi connectivity index (χ0n) is 9.88. The van der Waals surface area contributed by atoms with Crippen molar-refractivity contribution in [3.63, 3.8) is 0 Å². The van der Waals surface area contributed by atoms with Gasteiger partial charge in [0.1, 0.15) is 0 Å². The number of hydrogen-bond donors (Lipinski definition) is 0. The van der Waals surface area contributed by atoms with Gasteiger partial charge in [0.05, 0.1) is 0 Å². The summed E-state index contributed by atoms with van der Waals surface area (Å²) in [4.78, 5) is 0. The van der Waals surface area contributed by atoms with Crippen molar-refractivity contribution in [3.8, 4) is 0 Å². The molecule has 0 amide bonds. The quantitative estimate of drug-likeness (QED) is 0.243. The van der Waals surface area contributed by atoms with Crippen molar-refractivity contribution in [2.45, 2.75) is 22.7 Å². The molecule has 17 heteroatoms. The van der Waals surface area contributed by atoms with Crippen LogP contribution >= 0.6 is 0 Å². The molecule has 2 atom stereocenters. The first-order valence-electron chi connectivity index (χ1n) is 3.50. The van der Waals surface area contributed by atoms with Crippen LogP contribution in [0.5, 0.6) is 0 Å². The monoisotopic (exact) mass is 422 g/mol. The minimum atomic E-state index is -6.61. The average molecular weight is 422 g/mol. The third-order valence-electron chi connectivity index (χ3n) is 1.35. The fraction of sp³-hybridized carbons (Fsp3) is 1.00. The Morgan fingerprint density at radius 3 is 1.00 bits per heavy atom. The molecule has 0 fully saturated rings. The van der Waals surface area contributed by atoms with Crippen LogP contribution in [0.3, 0.4) is 0 Å². The van der Waals surface area contributed by atoms with Crippen LogP contribution in [-0.2, 0) is 26.9 Å². The Morgan fingerprint density at radius 2 is 0.857 bits per heavy atom. The van der Waals surface area contributed by atoms with Crippen molar-refractivity contribution in [1.29, 1.82) is 0 Å². The van der Waals surface area contributed by atoms with Crippen molar-refractivity contribution in [3.05, 3.63) is 0 Å². The van der Waals surface area contributed by atoms with E-state index < -0.39 is 44.9 Å². The molecule has 0 aliphatic heterocycles. The third-order valence-corrected chi connectivity index (χ3v) is 2.67. The van der Waals surface area contributed by atoms with Crippen LogP contribution in [0.2, 0.25) is 0 Å². The Bertz CT molecular complexity index is 370. The molecular weight excluding hydrogens is 422 g/mol. The first-order valence-corrected chi connectivity index (χ1v) is 5.64. The Hall–Kier alpha value is 2.89. The molecule has 0 saturated carbocycles. The predicted molar refractivity (Wildman–Crippen MR) is 38.7 cm³/mol. The maximum absolute atomic E-state index is 12.4. The Kier molecular flexibility index (Phi) is 13.0. The molecule has 2 unspecified atom stereocenters. The topological polar surface area (TPSA) is 89.5 Å². The summed E-state index contributed by atoms with van der Waals surface area (Å²) in [6.45, 7) is 0. The summed E-state index contributed by atoms with van der Waals surface area (Å²) in [5, 5.41) is -12.6. The van der Waals surface area contributed by atoms with Gasteiger partial charge in [-0.1, -0.05) is 0 Å². The molecule has 0 aromatic carbocycles. The minimum absolute atomic E-state index is 0. The molecular formula is C4F8K2O5S2. The van der Waals surface area contributed by atoms with E-state index in [1.54, 1.807) is 4.74 Å². The maximum atomic E-state index is 12.4. The van der Waals surface area contributed by atoms with Crippen LogP contribution in [-0.4, -0.2) is 40.2 Å². The van der Waals surface area contributed by atoms with Crippen molar-refractivity contribution in [2.24, 2.45) is 0 Å². The molecule has 116 valence electrons. The largest absolute Gasteiger partial charge is 1.00 e. The molecule has 5 nitrogen and oxygen atoms in total. The maximum Gasteiger partial charge on any atom is 1.00 e. The zero-order valence-corrected chi connectivity index (χ0v) is 17.8.